The first-order chi connectivity index (χ1) is 17.0. The SMILES string of the molecule is COc1ccc2c3c(n(C)c2c1)[C@@H](CO)N(Cc1ccccc1)CC31CCN(C(=O)C2CC2)CC1. The van der Waals surface area contributed by atoms with Gasteiger partial charge in [0.1, 0.15) is 5.75 Å². The predicted molar refractivity (Wildman–Crippen MR) is 136 cm³/mol. The Hall–Kier alpha value is -2.83. The van der Waals surface area contributed by atoms with Crippen LogP contribution in [0.1, 0.15) is 48.5 Å². The molecule has 1 saturated heterocycles. The molecule has 3 aromatic rings. The van der Waals surface area contributed by atoms with Crippen LogP contribution in [0.15, 0.2) is 48.5 Å². The standard InChI is InChI=1S/C29H35N3O3/c1-30-24-16-22(35-2)10-11-23(24)26-27(30)25(18-33)32(17-20-6-4-3-5-7-20)19-29(26)12-14-31(15-13-29)28(34)21-8-9-21/h3-7,10-11,16,21,25,33H,8-9,12-15,17-19H2,1-2H3/t25-/m1/s1. The van der Waals surface area contributed by atoms with Crippen molar-refractivity contribution in [2.24, 2.45) is 13.0 Å². The lowest BCUT2D eigenvalue weighted by atomic mass is 9.68. The van der Waals surface area contributed by atoms with Crippen molar-refractivity contribution in [2.45, 2.75) is 43.7 Å². The summed E-state index contributed by atoms with van der Waals surface area (Å²) in [6, 6.07) is 16.8. The minimum Gasteiger partial charge on any atom is -0.497 e. The van der Waals surface area contributed by atoms with Crippen molar-refractivity contribution in [3.05, 3.63) is 65.4 Å². The summed E-state index contributed by atoms with van der Waals surface area (Å²) in [5.74, 6) is 1.47. The topological polar surface area (TPSA) is 57.9 Å². The third kappa shape index (κ3) is 3.74. The number of methoxy groups -OCH3 is 1. The second-order valence-electron chi connectivity index (χ2n) is 10.7. The number of hydrogen-bond acceptors (Lipinski definition) is 4. The number of amides is 1. The molecule has 1 N–H and O–H groups in total. The summed E-state index contributed by atoms with van der Waals surface area (Å²) < 4.78 is 7.82. The Bertz CT molecular complexity index is 1240. The molecule has 0 unspecified atom stereocenters. The van der Waals surface area contributed by atoms with E-state index in [1.165, 1.54) is 22.2 Å². The van der Waals surface area contributed by atoms with Crippen LogP contribution in [-0.2, 0) is 23.8 Å². The molecule has 6 nitrogen and oxygen atoms in total. The summed E-state index contributed by atoms with van der Waals surface area (Å²) in [5, 5.41) is 11.9. The number of ether oxygens (including phenoxy) is 1. The van der Waals surface area contributed by atoms with Gasteiger partial charge in [-0.25, -0.2) is 0 Å². The Kier molecular flexibility index (Phi) is 5.61. The van der Waals surface area contributed by atoms with Crippen molar-refractivity contribution in [1.82, 2.24) is 14.4 Å². The molecule has 1 spiro atoms. The monoisotopic (exact) mass is 473 g/mol. The third-order valence-corrected chi connectivity index (χ3v) is 8.61. The Morgan fingerprint density at radius 1 is 1.11 bits per heavy atom. The number of benzene rings is 2. The fourth-order valence-corrected chi connectivity index (χ4v) is 6.60. The smallest absolute Gasteiger partial charge is 0.225 e. The van der Waals surface area contributed by atoms with Gasteiger partial charge in [0.25, 0.3) is 0 Å². The fourth-order valence-electron chi connectivity index (χ4n) is 6.60. The number of nitrogens with zero attached hydrogens (tertiary/aromatic N) is 3. The van der Waals surface area contributed by atoms with E-state index in [1.54, 1.807) is 7.11 Å². The second kappa shape index (κ2) is 8.68. The maximum Gasteiger partial charge on any atom is 0.225 e. The van der Waals surface area contributed by atoms with E-state index in [0.29, 0.717) is 5.91 Å². The van der Waals surface area contributed by atoms with Gasteiger partial charge in [0, 0.05) is 61.7 Å². The van der Waals surface area contributed by atoms with E-state index in [0.717, 1.165) is 63.1 Å². The molecule has 1 amide bonds. The van der Waals surface area contributed by atoms with E-state index in [4.69, 9.17) is 4.74 Å². The molecule has 35 heavy (non-hydrogen) atoms. The molecule has 1 aliphatic carbocycles. The second-order valence-corrected chi connectivity index (χ2v) is 10.7. The first kappa shape index (κ1) is 22.6. The molecule has 6 heteroatoms. The number of piperidine rings is 1. The molecule has 3 heterocycles. The van der Waals surface area contributed by atoms with Gasteiger partial charge in [-0.1, -0.05) is 30.3 Å². The van der Waals surface area contributed by atoms with Gasteiger partial charge >= 0.3 is 0 Å². The lowest BCUT2D eigenvalue weighted by Crippen LogP contribution is -2.54. The number of aliphatic hydroxyl groups excluding tert-OH is 1. The molecular formula is C29H35N3O3. The van der Waals surface area contributed by atoms with E-state index < -0.39 is 0 Å². The summed E-state index contributed by atoms with van der Waals surface area (Å²) in [6.45, 7) is 3.37. The van der Waals surface area contributed by atoms with Gasteiger partial charge in [0.05, 0.1) is 25.3 Å². The number of aromatic nitrogens is 1. The molecule has 1 atom stereocenters. The first-order valence-electron chi connectivity index (χ1n) is 12.9. The number of fused-ring (bicyclic) bond motifs is 4. The summed E-state index contributed by atoms with van der Waals surface area (Å²) in [5.41, 5.74) is 4.93. The van der Waals surface area contributed by atoms with Gasteiger partial charge in [0.2, 0.25) is 5.91 Å². The van der Waals surface area contributed by atoms with E-state index in [1.807, 2.05) is 12.1 Å². The van der Waals surface area contributed by atoms with Gasteiger partial charge in [-0.2, -0.15) is 0 Å². The van der Waals surface area contributed by atoms with Gasteiger partial charge in [0.15, 0.2) is 0 Å². The van der Waals surface area contributed by atoms with Crippen molar-refractivity contribution in [3.63, 3.8) is 0 Å². The molecule has 184 valence electrons. The zero-order valence-corrected chi connectivity index (χ0v) is 20.7. The molecule has 1 saturated carbocycles. The number of likely N-dealkylation sites (tertiary alicyclic amines) is 1. The van der Waals surface area contributed by atoms with Crippen LogP contribution in [0.3, 0.4) is 0 Å². The van der Waals surface area contributed by atoms with E-state index in [-0.39, 0.29) is 24.0 Å². The highest BCUT2D eigenvalue weighted by atomic mass is 16.5. The average Bonchev–Trinajstić information content (AvgIpc) is 3.70. The summed E-state index contributed by atoms with van der Waals surface area (Å²) >= 11 is 0. The van der Waals surface area contributed by atoms with E-state index in [9.17, 15) is 9.90 Å². The summed E-state index contributed by atoms with van der Waals surface area (Å²) in [7, 11) is 3.82. The molecule has 0 radical (unpaired) electrons. The summed E-state index contributed by atoms with van der Waals surface area (Å²) in [6.07, 6.45) is 4.01. The highest BCUT2D eigenvalue weighted by Crippen LogP contribution is 2.50. The molecule has 6 rings (SSSR count). The zero-order chi connectivity index (χ0) is 24.2. The van der Waals surface area contributed by atoms with Gasteiger partial charge < -0.3 is 19.3 Å². The van der Waals surface area contributed by atoms with Crippen molar-refractivity contribution < 1.29 is 14.6 Å². The molecule has 0 bridgehead atoms. The van der Waals surface area contributed by atoms with Gasteiger partial charge in [-0.15, -0.1) is 0 Å². The van der Waals surface area contributed by atoms with Crippen molar-refractivity contribution in [2.75, 3.05) is 33.4 Å². The highest BCUT2D eigenvalue weighted by Gasteiger charge is 2.49. The number of rotatable bonds is 5. The number of carbonyl (C=O) groups excluding carboxylic acids is 1. The van der Waals surface area contributed by atoms with Crippen molar-refractivity contribution in [1.29, 1.82) is 0 Å². The van der Waals surface area contributed by atoms with Crippen molar-refractivity contribution >= 4 is 16.8 Å². The Balaban J connectivity index is 1.45. The van der Waals surface area contributed by atoms with Crippen LogP contribution >= 0.6 is 0 Å². The van der Waals surface area contributed by atoms with Crippen LogP contribution in [0.25, 0.3) is 10.9 Å². The Labute approximate surface area is 207 Å². The molecular weight excluding hydrogens is 438 g/mol. The molecule has 2 aliphatic heterocycles. The van der Waals surface area contributed by atoms with Crippen LogP contribution in [0.2, 0.25) is 0 Å². The predicted octanol–water partition coefficient (Wildman–Crippen LogP) is 4.01. The van der Waals surface area contributed by atoms with Crippen molar-refractivity contribution in [3.8, 4) is 5.75 Å². The Morgan fingerprint density at radius 3 is 2.51 bits per heavy atom. The van der Waals surface area contributed by atoms with Crippen LogP contribution in [0.4, 0.5) is 0 Å². The van der Waals surface area contributed by atoms with Gasteiger partial charge in [-0.3, -0.25) is 9.69 Å². The van der Waals surface area contributed by atoms with Gasteiger partial charge in [-0.05, 0) is 48.9 Å². The first-order valence-corrected chi connectivity index (χ1v) is 12.9. The largest absolute Gasteiger partial charge is 0.497 e. The highest BCUT2D eigenvalue weighted by molar-refractivity contribution is 5.89. The van der Waals surface area contributed by atoms with Crippen LogP contribution in [-0.4, -0.2) is 58.7 Å². The molecule has 2 fully saturated rings. The average molecular weight is 474 g/mol. The minimum absolute atomic E-state index is 0.0514. The zero-order valence-electron chi connectivity index (χ0n) is 20.7. The minimum atomic E-state index is -0.0784. The normalized spacial score (nSPS) is 21.9. The molecule has 3 aliphatic rings. The Morgan fingerprint density at radius 2 is 1.86 bits per heavy atom. The quantitative estimate of drug-likeness (QED) is 0.609. The molecule has 1 aromatic heterocycles. The fraction of sp³-hybridized carbons (Fsp3) is 0.483. The molecule has 2 aromatic carbocycles. The maximum atomic E-state index is 12.8. The number of aryl methyl sites for hydroxylation is 1. The maximum absolute atomic E-state index is 12.8. The lowest BCUT2D eigenvalue weighted by molar-refractivity contribution is -0.134. The number of carbonyl (C=O) groups is 1. The van der Waals surface area contributed by atoms with E-state index >= 15 is 0 Å². The summed E-state index contributed by atoms with van der Waals surface area (Å²) in [4.78, 5) is 17.4. The number of aliphatic hydroxyl groups is 1. The van der Waals surface area contributed by atoms with Crippen LogP contribution in [0.5, 0.6) is 5.75 Å². The number of hydrogen-bond donors (Lipinski definition) is 1. The third-order valence-electron chi connectivity index (χ3n) is 8.61. The lowest BCUT2D eigenvalue weighted by Gasteiger charge is -2.50. The van der Waals surface area contributed by atoms with Crippen LogP contribution < -0.4 is 4.74 Å². The van der Waals surface area contributed by atoms with Crippen LogP contribution in [0, 0.1) is 5.92 Å². The van der Waals surface area contributed by atoms with E-state index in [2.05, 4.69) is 57.8 Å².